The van der Waals surface area contributed by atoms with Crippen LogP contribution in [0.5, 0.6) is 28.7 Å². The zero-order valence-electron chi connectivity index (χ0n) is 17.2. The smallest absolute Gasteiger partial charge is 0.231 e. The summed E-state index contributed by atoms with van der Waals surface area (Å²) in [5.41, 5.74) is 3.77. The van der Waals surface area contributed by atoms with Gasteiger partial charge < -0.3 is 23.7 Å². The highest BCUT2D eigenvalue weighted by Gasteiger charge is 2.38. The number of methoxy groups -OCH3 is 3. The molecule has 0 spiro atoms. The molecule has 0 aliphatic carbocycles. The van der Waals surface area contributed by atoms with E-state index in [0.717, 1.165) is 30.0 Å². The molecule has 5 rings (SSSR count). The van der Waals surface area contributed by atoms with Crippen molar-refractivity contribution in [1.82, 2.24) is 4.90 Å². The highest BCUT2D eigenvalue weighted by atomic mass is 16.7. The third kappa shape index (κ3) is 2.97. The Morgan fingerprint density at radius 3 is 2.31 bits per heavy atom. The quantitative estimate of drug-likeness (QED) is 0.779. The summed E-state index contributed by atoms with van der Waals surface area (Å²) in [6, 6.07) is 9.15. The predicted molar refractivity (Wildman–Crippen MR) is 109 cm³/mol. The minimum Gasteiger partial charge on any atom is -0.493 e. The number of benzene rings is 2. The molecule has 0 unspecified atom stereocenters. The third-order valence-electron chi connectivity index (χ3n) is 6.39. The van der Waals surface area contributed by atoms with Crippen molar-refractivity contribution in [2.24, 2.45) is 0 Å². The molecule has 0 amide bonds. The summed E-state index contributed by atoms with van der Waals surface area (Å²) < 4.78 is 28.2. The van der Waals surface area contributed by atoms with E-state index < -0.39 is 0 Å². The maximum Gasteiger partial charge on any atom is 0.231 e. The molecule has 29 heavy (non-hydrogen) atoms. The van der Waals surface area contributed by atoms with Gasteiger partial charge in [-0.3, -0.25) is 4.90 Å². The summed E-state index contributed by atoms with van der Waals surface area (Å²) >= 11 is 0. The molecular weight excluding hydrogens is 370 g/mol. The number of ether oxygens (including phenoxy) is 5. The van der Waals surface area contributed by atoms with Crippen LogP contribution in [0.25, 0.3) is 0 Å². The Morgan fingerprint density at radius 1 is 0.897 bits per heavy atom. The van der Waals surface area contributed by atoms with E-state index >= 15 is 0 Å². The van der Waals surface area contributed by atoms with Crippen molar-refractivity contribution in [2.75, 3.05) is 34.7 Å². The number of rotatable bonds is 4. The van der Waals surface area contributed by atoms with E-state index in [2.05, 4.69) is 29.2 Å². The fourth-order valence-electron chi connectivity index (χ4n) is 5.08. The first-order chi connectivity index (χ1) is 14.2. The Labute approximate surface area is 171 Å². The molecule has 2 atom stereocenters. The predicted octanol–water partition coefficient (Wildman–Crippen LogP) is 3.94. The number of hydrogen-bond acceptors (Lipinski definition) is 6. The molecule has 0 N–H and O–H groups in total. The second-order valence-corrected chi connectivity index (χ2v) is 7.86. The summed E-state index contributed by atoms with van der Waals surface area (Å²) in [6.45, 7) is 1.38. The first-order valence-electron chi connectivity index (χ1n) is 10.2. The summed E-state index contributed by atoms with van der Waals surface area (Å²) in [4.78, 5) is 2.63. The van der Waals surface area contributed by atoms with Crippen LogP contribution in [0.15, 0.2) is 24.3 Å². The van der Waals surface area contributed by atoms with Crippen molar-refractivity contribution in [1.29, 1.82) is 0 Å². The standard InChI is InChI=1S/C23H27NO5/c1-25-20-10-15(11-21(26-2)23(20)27-3)22-17-12-19-18(28-13-29-19)9-14(17)8-16-6-4-5-7-24(16)22/h9-12,16,22H,4-8,13H2,1-3H3/t16-,22+/m1/s1. The summed E-state index contributed by atoms with van der Waals surface area (Å²) in [5, 5.41) is 0. The minimum atomic E-state index is 0.118. The van der Waals surface area contributed by atoms with Crippen molar-refractivity contribution in [3.63, 3.8) is 0 Å². The number of fused-ring (bicyclic) bond motifs is 3. The fourth-order valence-corrected chi connectivity index (χ4v) is 5.08. The number of piperidine rings is 1. The molecule has 3 heterocycles. The molecule has 1 fully saturated rings. The molecular formula is C23H27NO5. The molecule has 6 nitrogen and oxygen atoms in total. The lowest BCUT2D eigenvalue weighted by atomic mass is 9.81. The largest absolute Gasteiger partial charge is 0.493 e. The van der Waals surface area contributed by atoms with Crippen LogP contribution in [-0.4, -0.2) is 45.6 Å². The molecule has 0 saturated carbocycles. The molecule has 6 heteroatoms. The fraction of sp³-hybridized carbons (Fsp3) is 0.478. The van der Waals surface area contributed by atoms with Gasteiger partial charge in [0.25, 0.3) is 0 Å². The first kappa shape index (κ1) is 18.4. The maximum absolute atomic E-state index is 5.70. The summed E-state index contributed by atoms with van der Waals surface area (Å²) in [6.07, 6.45) is 4.77. The van der Waals surface area contributed by atoms with Crippen LogP contribution in [0.1, 0.15) is 42.0 Å². The lowest BCUT2D eigenvalue weighted by Gasteiger charge is -2.46. The zero-order chi connectivity index (χ0) is 20.0. The van der Waals surface area contributed by atoms with Crippen molar-refractivity contribution in [3.05, 3.63) is 41.0 Å². The van der Waals surface area contributed by atoms with Gasteiger partial charge in [0.15, 0.2) is 23.0 Å². The second kappa shape index (κ2) is 7.34. The second-order valence-electron chi connectivity index (χ2n) is 7.86. The van der Waals surface area contributed by atoms with Gasteiger partial charge in [-0.1, -0.05) is 6.42 Å². The van der Waals surface area contributed by atoms with Gasteiger partial charge in [-0.25, -0.2) is 0 Å². The van der Waals surface area contributed by atoms with Crippen molar-refractivity contribution < 1.29 is 23.7 Å². The molecule has 154 valence electrons. The zero-order valence-corrected chi connectivity index (χ0v) is 17.2. The molecule has 0 bridgehead atoms. The normalized spacial score (nSPS) is 22.6. The Balaban J connectivity index is 1.68. The first-order valence-corrected chi connectivity index (χ1v) is 10.2. The molecule has 2 aromatic carbocycles. The molecule has 0 aromatic heterocycles. The van der Waals surface area contributed by atoms with Crippen molar-refractivity contribution in [3.8, 4) is 28.7 Å². The Morgan fingerprint density at radius 2 is 1.62 bits per heavy atom. The van der Waals surface area contributed by atoms with E-state index in [1.54, 1.807) is 21.3 Å². The minimum absolute atomic E-state index is 0.118. The van der Waals surface area contributed by atoms with Crippen LogP contribution >= 0.6 is 0 Å². The molecule has 3 aliphatic rings. The van der Waals surface area contributed by atoms with E-state index in [1.807, 2.05) is 0 Å². The number of hydrogen-bond donors (Lipinski definition) is 0. The average Bonchev–Trinajstić information content (AvgIpc) is 3.22. The SMILES string of the molecule is COc1cc([C@H]2c3cc4c(cc3C[C@H]3CCCCN32)OCO4)cc(OC)c1OC. The van der Waals surface area contributed by atoms with Crippen LogP contribution in [0.4, 0.5) is 0 Å². The van der Waals surface area contributed by atoms with Gasteiger partial charge in [0.05, 0.1) is 27.4 Å². The van der Waals surface area contributed by atoms with Gasteiger partial charge in [0.1, 0.15) is 0 Å². The highest BCUT2D eigenvalue weighted by Crippen LogP contribution is 2.48. The van der Waals surface area contributed by atoms with E-state index in [1.165, 1.54) is 30.4 Å². The van der Waals surface area contributed by atoms with Crippen LogP contribution in [0, 0.1) is 0 Å². The van der Waals surface area contributed by atoms with Gasteiger partial charge in [0.2, 0.25) is 12.5 Å². The lowest BCUT2D eigenvalue weighted by molar-refractivity contribution is 0.0998. The van der Waals surface area contributed by atoms with Gasteiger partial charge in [0, 0.05) is 6.04 Å². The molecule has 2 aromatic rings. The summed E-state index contributed by atoms with van der Waals surface area (Å²) in [7, 11) is 4.96. The third-order valence-corrected chi connectivity index (χ3v) is 6.39. The van der Waals surface area contributed by atoms with Gasteiger partial charge in [-0.15, -0.1) is 0 Å². The molecule has 3 aliphatic heterocycles. The van der Waals surface area contributed by atoms with E-state index in [4.69, 9.17) is 23.7 Å². The highest BCUT2D eigenvalue weighted by molar-refractivity contribution is 5.58. The Kier molecular flexibility index (Phi) is 4.66. The van der Waals surface area contributed by atoms with Gasteiger partial charge in [-0.05, 0) is 66.8 Å². The number of nitrogens with zero attached hydrogens (tertiary/aromatic N) is 1. The molecule has 0 radical (unpaired) electrons. The monoisotopic (exact) mass is 397 g/mol. The molecule has 1 saturated heterocycles. The topological polar surface area (TPSA) is 49.4 Å². The Bertz CT molecular complexity index is 903. The van der Waals surface area contributed by atoms with E-state index in [0.29, 0.717) is 30.1 Å². The maximum atomic E-state index is 5.70. The van der Waals surface area contributed by atoms with Gasteiger partial charge in [-0.2, -0.15) is 0 Å². The average molecular weight is 397 g/mol. The van der Waals surface area contributed by atoms with Crippen LogP contribution < -0.4 is 23.7 Å². The van der Waals surface area contributed by atoms with Crippen LogP contribution in [0.2, 0.25) is 0 Å². The lowest BCUT2D eigenvalue weighted by Crippen LogP contribution is -2.47. The van der Waals surface area contributed by atoms with Gasteiger partial charge >= 0.3 is 0 Å². The van der Waals surface area contributed by atoms with E-state index in [-0.39, 0.29) is 6.04 Å². The van der Waals surface area contributed by atoms with Crippen LogP contribution in [0.3, 0.4) is 0 Å². The van der Waals surface area contributed by atoms with E-state index in [9.17, 15) is 0 Å². The van der Waals surface area contributed by atoms with Crippen molar-refractivity contribution >= 4 is 0 Å². The Hall–Kier alpha value is -2.60. The van der Waals surface area contributed by atoms with Crippen LogP contribution in [-0.2, 0) is 6.42 Å². The summed E-state index contributed by atoms with van der Waals surface area (Å²) in [5.74, 6) is 3.68. The van der Waals surface area contributed by atoms with Crippen molar-refractivity contribution in [2.45, 2.75) is 37.8 Å².